The Hall–Kier alpha value is -2.38. The summed E-state index contributed by atoms with van der Waals surface area (Å²) in [5, 5.41) is 13.7. The highest BCUT2D eigenvalue weighted by Crippen LogP contribution is 2.36. The summed E-state index contributed by atoms with van der Waals surface area (Å²) in [7, 11) is 1.58. The molecule has 1 aliphatic rings. The molecule has 3 N–H and O–H groups in total. The second kappa shape index (κ2) is 4.95. The van der Waals surface area contributed by atoms with E-state index in [0.29, 0.717) is 19.5 Å². The van der Waals surface area contributed by atoms with Crippen molar-refractivity contribution in [2.45, 2.75) is 13.3 Å². The van der Waals surface area contributed by atoms with Crippen LogP contribution in [0.3, 0.4) is 0 Å². The Morgan fingerprint density at radius 1 is 1.60 bits per heavy atom. The minimum atomic E-state index is -0.575. The summed E-state index contributed by atoms with van der Waals surface area (Å²) in [6.07, 6.45) is 0.611. The van der Waals surface area contributed by atoms with Crippen LogP contribution in [0, 0.1) is 15.5 Å². The van der Waals surface area contributed by atoms with Crippen LogP contribution >= 0.6 is 0 Å². The molecule has 0 spiro atoms. The van der Waals surface area contributed by atoms with Crippen molar-refractivity contribution < 1.29 is 9.72 Å². The molecule has 2 rings (SSSR count). The van der Waals surface area contributed by atoms with E-state index in [4.69, 9.17) is 5.73 Å². The zero-order chi connectivity index (χ0) is 14.9. The van der Waals surface area contributed by atoms with E-state index in [-0.39, 0.29) is 23.2 Å². The molecule has 1 aromatic rings. The number of anilines is 2. The number of rotatable bonds is 3. The third-order valence-corrected chi connectivity index (χ3v) is 3.62. The van der Waals surface area contributed by atoms with Crippen molar-refractivity contribution >= 4 is 23.2 Å². The Kier molecular flexibility index (Phi) is 3.47. The first-order valence-electron chi connectivity index (χ1n) is 6.25. The number of hydrogen-bond donors (Lipinski definition) is 2. The highest BCUT2D eigenvalue weighted by atomic mass is 16.6. The molecule has 0 saturated carbocycles. The zero-order valence-corrected chi connectivity index (χ0v) is 11.4. The Labute approximate surface area is 116 Å². The molecule has 1 unspecified atom stereocenters. The molecule has 1 atom stereocenters. The van der Waals surface area contributed by atoms with Gasteiger partial charge in [0.2, 0.25) is 11.7 Å². The number of carbonyl (C=O) groups excluding carboxylic acids is 1. The number of aromatic nitrogens is 1. The average molecular weight is 279 g/mol. The monoisotopic (exact) mass is 279 g/mol. The fourth-order valence-corrected chi connectivity index (χ4v) is 2.46. The number of nitrogens with one attached hydrogen (secondary N) is 1. The second-order valence-corrected chi connectivity index (χ2v) is 5.15. The van der Waals surface area contributed by atoms with Crippen LogP contribution in [-0.2, 0) is 4.79 Å². The Balaban J connectivity index is 2.33. The van der Waals surface area contributed by atoms with Crippen LogP contribution < -0.4 is 16.0 Å². The molecule has 1 amide bonds. The Morgan fingerprint density at radius 3 is 2.90 bits per heavy atom. The molecule has 1 aliphatic heterocycles. The quantitative estimate of drug-likeness (QED) is 0.616. The maximum absolute atomic E-state index is 11.9. The van der Waals surface area contributed by atoms with Crippen molar-refractivity contribution in [1.29, 1.82) is 0 Å². The number of pyridine rings is 1. The van der Waals surface area contributed by atoms with Gasteiger partial charge >= 0.3 is 5.69 Å². The van der Waals surface area contributed by atoms with Gasteiger partial charge in [-0.3, -0.25) is 14.9 Å². The fraction of sp³-hybridized carbons (Fsp3) is 0.500. The van der Waals surface area contributed by atoms with Crippen LogP contribution in [-0.4, -0.2) is 36.0 Å². The molecule has 1 saturated heterocycles. The van der Waals surface area contributed by atoms with Gasteiger partial charge in [0.25, 0.3) is 0 Å². The minimum absolute atomic E-state index is 0.0773. The number of amides is 1. The van der Waals surface area contributed by atoms with Crippen molar-refractivity contribution in [2.75, 3.05) is 30.8 Å². The number of nitrogen functional groups attached to an aromatic ring is 1. The van der Waals surface area contributed by atoms with Gasteiger partial charge in [-0.2, -0.15) is 0 Å². The van der Waals surface area contributed by atoms with E-state index >= 15 is 0 Å². The standard InChI is InChI=1S/C12H17N5O3/c1-12(11(18)14-2)5-6-16(7-12)10-8(17(19)20)3-4-9(13)15-10/h3-4H,5-7H2,1-2H3,(H2,13,15)(H,14,18). The summed E-state index contributed by atoms with van der Waals surface area (Å²) in [6, 6.07) is 2.74. The summed E-state index contributed by atoms with van der Waals surface area (Å²) in [5.41, 5.74) is 4.94. The summed E-state index contributed by atoms with van der Waals surface area (Å²) in [4.78, 5) is 28.3. The molecule has 8 nitrogen and oxygen atoms in total. The lowest BCUT2D eigenvalue weighted by molar-refractivity contribution is -0.384. The predicted octanol–water partition coefficient (Wildman–Crippen LogP) is 0.534. The fourth-order valence-electron chi connectivity index (χ4n) is 2.46. The van der Waals surface area contributed by atoms with E-state index in [1.165, 1.54) is 12.1 Å². The zero-order valence-electron chi connectivity index (χ0n) is 11.4. The second-order valence-electron chi connectivity index (χ2n) is 5.15. The minimum Gasteiger partial charge on any atom is -0.384 e. The largest absolute Gasteiger partial charge is 0.384 e. The molecule has 0 aliphatic carbocycles. The maximum Gasteiger partial charge on any atom is 0.311 e. The first-order chi connectivity index (χ1) is 9.37. The Bertz CT molecular complexity index is 562. The first-order valence-corrected chi connectivity index (χ1v) is 6.25. The number of nitro groups is 1. The van der Waals surface area contributed by atoms with Crippen molar-refractivity contribution in [3.05, 3.63) is 22.2 Å². The molecule has 8 heteroatoms. The van der Waals surface area contributed by atoms with E-state index in [9.17, 15) is 14.9 Å². The van der Waals surface area contributed by atoms with Crippen molar-refractivity contribution in [2.24, 2.45) is 5.41 Å². The van der Waals surface area contributed by atoms with Gasteiger partial charge in [-0.25, -0.2) is 4.98 Å². The highest BCUT2D eigenvalue weighted by Gasteiger charge is 2.41. The van der Waals surface area contributed by atoms with Gasteiger partial charge in [-0.15, -0.1) is 0 Å². The average Bonchev–Trinajstić information content (AvgIpc) is 2.81. The predicted molar refractivity (Wildman–Crippen MR) is 74.3 cm³/mol. The number of carbonyl (C=O) groups is 1. The number of nitrogens with zero attached hydrogens (tertiary/aromatic N) is 3. The molecule has 0 radical (unpaired) electrons. The van der Waals surface area contributed by atoms with Gasteiger partial charge < -0.3 is 16.0 Å². The number of nitrogens with two attached hydrogens (primary N) is 1. The Morgan fingerprint density at radius 2 is 2.30 bits per heavy atom. The molecular formula is C12H17N5O3. The molecule has 108 valence electrons. The molecule has 1 fully saturated rings. The van der Waals surface area contributed by atoms with E-state index in [2.05, 4.69) is 10.3 Å². The lowest BCUT2D eigenvalue weighted by atomic mass is 9.89. The van der Waals surface area contributed by atoms with Gasteiger partial charge in [-0.1, -0.05) is 0 Å². The first kappa shape index (κ1) is 14.0. The van der Waals surface area contributed by atoms with Crippen LogP contribution in [0.25, 0.3) is 0 Å². The molecule has 20 heavy (non-hydrogen) atoms. The van der Waals surface area contributed by atoms with E-state index < -0.39 is 10.3 Å². The van der Waals surface area contributed by atoms with Crippen LogP contribution in [0.4, 0.5) is 17.3 Å². The van der Waals surface area contributed by atoms with Crippen LogP contribution in [0.5, 0.6) is 0 Å². The van der Waals surface area contributed by atoms with Crippen LogP contribution in [0.2, 0.25) is 0 Å². The van der Waals surface area contributed by atoms with Crippen LogP contribution in [0.15, 0.2) is 12.1 Å². The van der Waals surface area contributed by atoms with E-state index in [1.54, 1.807) is 11.9 Å². The molecular weight excluding hydrogens is 262 g/mol. The lowest BCUT2D eigenvalue weighted by Crippen LogP contribution is -2.39. The number of hydrogen-bond acceptors (Lipinski definition) is 6. The molecule has 0 aromatic carbocycles. The topological polar surface area (TPSA) is 114 Å². The smallest absolute Gasteiger partial charge is 0.311 e. The lowest BCUT2D eigenvalue weighted by Gasteiger charge is -2.23. The summed E-state index contributed by atoms with van der Waals surface area (Å²) in [5.74, 6) is 0.369. The van der Waals surface area contributed by atoms with Gasteiger partial charge in [0.05, 0.1) is 10.3 Å². The van der Waals surface area contributed by atoms with Crippen molar-refractivity contribution in [1.82, 2.24) is 10.3 Å². The van der Waals surface area contributed by atoms with Gasteiger partial charge in [-0.05, 0) is 19.4 Å². The van der Waals surface area contributed by atoms with Crippen molar-refractivity contribution in [3.8, 4) is 0 Å². The van der Waals surface area contributed by atoms with Gasteiger partial charge in [0.1, 0.15) is 5.82 Å². The summed E-state index contributed by atoms with van der Waals surface area (Å²) >= 11 is 0. The normalized spacial score (nSPS) is 21.8. The van der Waals surface area contributed by atoms with Gasteiger partial charge in [0.15, 0.2) is 0 Å². The van der Waals surface area contributed by atoms with E-state index in [1.807, 2.05) is 6.92 Å². The third-order valence-electron chi connectivity index (χ3n) is 3.62. The highest BCUT2D eigenvalue weighted by molar-refractivity contribution is 5.83. The van der Waals surface area contributed by atoms with Gasteiger partial charge in [0, 0.05) is 26.2 Å². The molecule has 0 bridgehead atoms. The molecule has 1 aromatic heterocycles. The summed E-state index contributed by atoms with van der Waals surface area (Å²) < 4.78 is 0. The molecule has 2 heterocycles. The third kappa shape index (κ3) is 2.36. The van der Waals surface area contributed by atoms with Crippen LogP contribution in [0.1, 0.15) is 13.3 Å². The maximum atomic E-state index is 11.9. The summed E-state index contributed by atoms with van der Waals surface area (Å²) in [6.45, 7) is 2.75. The van der Waals surface area contributed by atoms with Crippen molar-refractivity contribution in [3.63, 3.8) is 0 Å². The SMILES string of the molecule is CNC(=O)C1(C)CCN(c2nc(N)ccc2[N+](=O)[O-])C1. The van der Waals surface area contributed by atoms with E-state index in [0.717, 1.165) is 0 Å².